The molecule has 118 valence electrons. The van der Waals surface area contributed by atoms with Crippen LogP contribution in [0.4, 0.5) is 18.9 Å². The molecule has 0 aromatic heterocycles. The highest BCUT2D eigenvalue weighted by atomic mass is 35.5. The number of halogens is 4. The molecule has 0 unspecified atom stereocenters. The summed E-state index contributed by atoms with van der Waals surface area (Å²) in [5, 5.41) is 0.310. The Morgan fingerprint density at radius 3 is 2.32 bits per heavy atom. The van der Waals surface area contributed by atoms with Crippen LogP contribution in [0.3, 0.4) is 0 Å². The van der Waals surface area contributed by atoms with Crippen LogP contribution in [-0.2, 0) is 16.2 Å². The number of hydrogen-bond donors (Lipinski definition) is 1. The highest BCUT2D eigenvalue weighted by Crippen LogP contribution is 2.35. The summed E-state index contributed by atoms with van der Waals surface area (Å²) < 4.78 is 65.5. The largest absolute Gasteiger partial charge is 0.417 e. The SMILES string of the molecule is Cc1c(Cl)cccc1NS(=O)(=O)c1ccccc1C(F)(F)F. The zero-order chi connectivity index (χ0) is 16.5. The van der Waals surface area contributed by atoms with Gasteiger partial charge in [0, 0.05) is 5.02 Å². The van der Waals surface area contributed by atoms with Crippen LogP contribution >= 0.6 is 11.6 Å². The number of anilines is 1. The van der Waals surface area contributed by atoms with Crippen LogP contribution in [0.15, 0.2) is 47.4 Å². The molecule has 0 amide bonds. The van der Waals surface area contributed by atoms with E-state index < -0.39 is 26.7 Å². The van der Waals surface area contributed by atoms with Crippen LogP contribution in [0.1, 0.15) is 11.1 Å². The lowest BCUT2D eigenvalue weighted by molar-refractivity contribution is -0.139. The van der Waals surface area contributed by atoms with E-state index >= 15 is 0 Å². The Morgan fingerprint density at radius 2 is 1.68 bits per heavy atom. The predicted molar refractivity (Wildman–Crippen MR) is 78.4 cm³/mol. The first-order valence-electron chi connectivity index (χ1n) is 6.07. The second-order valence-electron chi connectivity index (χ2n) is 4.51. The number of nitrogens with one attached hydrogen (secondary N) is 1. The third-order valence-corrected chi connectivity index (χ3v) is 4.83. The summed E-state index contributed by atoms with van der Waals surface area (Å²) in [5.74, 6) is 0. The van der Waals surface area contributed by atoms with Crippen molar-refractivity contribution in [1.82, 2.24) is 0 Å². The van der Waals surface area contributed by atoms with E-state index in [2.05, 4.69) is 4.72 Å². The Morgan fingerprint density at radius 1 is 1.05 bits per heavy atom. The lowest BCUT2D eigenvalue weighted by Gasteiger charge is -2.15. The van der Waals surface area contributed by atoms with E-state index in [4.69, 9.17) is 11.6 Å². The summed E-state index contributed by atoms with van der Waals surface area (Å²) in [5.41, 5.74) is -0.663. The molecule has 22 heavy (non-hydrogen) atoms. The monoisotopic (exact) mass is 349 g/mol. The van der Waals surface area contributed by atoms with Crippen molar-refractivity contribution in [3.8, 4) is 0 Å². The summed E-state index contributed by atoms with van der Waals surface area (Å²) >= 11 is 5.88. The summed E-state index contributed by atoms with van der Waals surface area (Å²) in [6.07, 6.45) is -4.77. The van der Waals surface area contributed by atoms with E-state index in [1.807, 2.05) is 0 Å². The van der Waals surface area contributed by atoms with E-state index in [0.717, 1.165) is 18.2 Å². The van der Waals surface area contributed by atoms with Crippen molar-refractivity contribution in [3.63, 3.8) is 0 Å². The summed E-state index contributed by atoms with van der Waals surface area (Å²) in [6, 6.07) is 8.47. The van der Waals surface area contributed by atoms with Crippen LogP contribution in [-0.4, -0.2) is 8.42 Å². The minimum Gasteiger partial charge on any atom is -0.279 e. The van der Waals surface area contributed by atoms with Gasteiger partial charge in [0.25, 0.3) is 10.0 Å². The van der Waals surface area contributed by atoms with Crippen molar-refractivity contribution in [3.05, 3.63) is 58.6 Å². The fraction of sp³-hybridized carbons (Fsp3) is 0.143. The van der Waals surface area contributed by atoms with Gasteiger partial charge in [-0.15, -0.1) is 0 Å². The third-order valence-electron chi connectivity index (χ3n) is 2.99. The van der Waals surface area contributed by atoms with Gasteiger partial charge in [0.15, 0.2) is 0 Å². The highest BCUT2D eigenvalue weighted by molar-refractivity contribution is 7.92. The van der Waals surface area contributed by atoms with Gasteiger partial charge in [-0.2, -0.15) is 13.2 Å². The van der Waals surface area contributed by atoms with Gasteiger partial charge in [0.2, 0.25) is 0 Å². The van der Waals surface area contributed by atoms with Crippen molar-refractivity contribution >= 4 is 27.3 Å². The summed E-state index contributed by atoms with van der Waals surface area (Å²) in [4.78, 5) is -0.832. The minimum atomic E-state index is -4.77. The van der Waals surface area contributed by atoms with Crippen LogP contribution < -0.4 is 4.72 Å². The molecule has 0 aliphatic carbocycles. The van der Waals surface area contributed by atoms with Crippen molar-refractivity contribution in [2.75, 3.05) is 4.72 Å². The minimum absolute atomic E-state index is 0.129. The number of rotatable bonds is 3. The highest BCUT2D eigenvalue weighted by Gasteiger charge is 2.37. The van der Waals surface area contributed by atoms with Crippen LogP contribution in [0.2, 0.25) is 5.02 Å². The fourth-order valence-corrected chi connectivity index (χ4v) is 3.38. The van der Waals surface area contributed by atoms with Gasteiger partial charge in [-0.25, -0.2) is 8.42 Å². The van der Waals surface area contributed by atoms with Crippen molar-refractivity contribution in [2.24, 2.45) is 0 Å². The maximum Gasteiger partial charge on any atom is 0.417 e. The first kappa shape index (κ1) is 16.6. The lowest BCUT2D eigenvalue weighted by Crippen LogP contribution is -2.19. The molecule has 3 nitrogen and oxygen atoms in total. The lowest BCUT2D eigenvalue weighted by atomic mass is 10.2. The molecule has 0 saturated heterocycles. The molecule has 0 aliphatic rings. The third kappa shape index (κ3) is 3.36. The Labute approximate surface area is 130 Å². The van der Waals surface area contributed by atoms with E-state index in [9.17, 15) is 21.6 Å². The Hall–Kier alpha value is -1.73. The molecule has 0 aliphatic heterocycles. The smallest absolute Gasteiger partial charge is 0.279 e. The zero-order valence-electron chi connectivity index (χ0n) is 11.3. The second kappa shape index (κ2) is 5.81. The van der Waals surface area contributed by atoms with E-state index in [0.29, 0.717) is 10.6 Å². The van der Waals surface area contributed by atoms with Crippen LogP contribution in [0, 0.1) is 6.92 Å². The standard InChI is InChI=1S/C14H11ClF3NO2S/c1-9-11(15)6-4-7-12(9)19-22(20,21)13-8-3-2-5-10(13)14(16,17)18/h2-8,19H,1H3. The molecule has 2 rings (SSSR count). The fourth-order valence-electron chi connectivity index (χ4n) is 1.85. The topological polar surface area (TPSA) is 46.2 Å². The van der Waals surface area contributed by atoms with Crippen LogP contribution in [0.5, 0.6) is 0 Å². The Kier molecular flexibility index (Phi) is 4.39. The first-order chi connectivity index (χ1) is 10.1. The molecule has 2 aromatic rings. The average Bonchev–Trinajstić information content (AvgIpc) is 2.43. The van der Waals surface area contributed by atoms with Gasteiger partial charge in [0.05, 0.1) is 16.1 Å². The van der Waals surface area contributed by atoms with Gasteiger partial charge in [0.1, 0.15) is 0 Å². The molecular formula is C14H11ClF3NO2S. The number of hydrogen-bond acceptors (Lipinski definition) is 2. The molecule has 0 spiro atoms. The molecule has 0 fully saturated rings. The molecule has 0 saturated carbocycles. The maximum absolute atomic E-state index is 12.9. The molecule has 0 atom stereocenters. The number of sulfonamides is 1. The number of benzene rings is 2. The number of alkyl halides is 3. The second-order valence-corrected chi connectivity index (χ2v) is 6.57. The predicted octanol–water partition coefficient (Wildman–Crippen LogP) is 4.47. The molecular weight excluding hydrogens is 339 g/mol. The van der Waals surface area contributed by atoms with Gasteiger partial charge < -0.3 is 0 Å². The molecule has 0 radical (unpaired) electrons. The van der Waals surface area contributed by atoms with Gasteiger partial charge >= 0.3 is 6.18 Å². The Bertz CT molecular complexity index is 804. The van der Waals surface area contributed by atoms with Crippen molar-refractivity contribution in [2.45, 2.75) is 18.0 Å². The summed E-state index contributed by atoms with van der Waals surface area (Å²) in [7, 11) is -4.40. The van der Waals surface area contributed by atoms with Gasteiger partial charge in [-0.05, 0) is 36.8 Å². The molecule has 8 heteroatoms. The van der Waals surface area contributed by atoms with Gasteiger partial charge in [-0.3, -0.25) is 4.72 Å². The van der Waals surface area contributed by atoms with E-state index in [1.165, 1.54) is 18.2 Å². The maximum atomic E-state index is 12.9. The van der Waals surface area contributed by atoms with E-state index in [-0.39, 0.29) is 5.69 Å². The molecule has 0 heterocycles. The van der Waals surface area contributed by atoms with E-state index in [1.54, 1.807) is 13.0 Å². The molecule has 2 aromatic carbocycles. The normalized spacial score (nSPS) is 12.2. The van der Waals surface area contributed by atoms with Crippen LogP contribution in [0.25, 0.3) is 0 Å². The van der Waals surface area contributed by atoms with Crippen molar-refractivity contribution < 1.29 is 21.6 Å². The summed E-state index contributed by atoms with van der Waals surface area (Å²) in [6.45, 7) is 1.57. The molecule has 0 bridgehead atoms. The zero-order valence-corrected chi connectivity index (χ0v) is 12.9. The quantitative estimate of drug-likeness (QED) is 0.888. The van der Waals surface area contributed by atoms with Gasteiger partial charge in [-0.1, -0.05) is 29.8 Å². The van der Waals surface area contributed by atoms with Crippen molar-refractivity contribution in [1.29, 1.82) is 0 Å². The Balaban J connectivity index is 2.51. The molecule has 1 N–H and O–H groups in total. The average molecular weight is 350 g/mol. The first-order valence-corrected chi connectivity index (χ1v) is 7.93.